The lowest BCUT2D eigenvalue weighted by atomic mass is 10.3. The summed E-state index contributed by atoms with van der Waals surface area (Å²) in [5, 5.41) is 11.0. The number of hydrogen-bond acceptors (Lipinski definition) is 0. The van der Waals surface area contributed by atoms with E-state index in [1.165, 1.54) is 0 Å². The Labute approximate surface area is 97.0 Å². The van der Waals surface area contributed by atoms with Crippen molar-refractivity contribution in [2.24, 2.45) is 0 Å². The van der Waals surface area contributed by atoms with Crippen molar-refractivity contribution in [2.75, 3.05) is 0 Å². The molecule has 1 aromatic carbocycles. The van der Waals surface area contributed by atoms with E-state index in [1.54, 1.807) is 12.1 Å². The molecule has 0 fully saturated rings. The third-order valence-corrected chi connectivity index (χ3v) is 2.60. The first-order chi connectivity index (χ1) is 4.61. The molecule has 0 aromatic heterocycles. The lowest BCUT2D eigenvalue weighted by Gasteiger charge is -1.96. The standard InChI is InChI=1S/C6H2Br3O.H2S/c7-3-1-4(8)6(10)5(9)2-3;/h1-2H;1H2. The van der Waals surface area contributed by atoms with Gasteiger partial charge in [0.25, 0.3) is 0 Å². The minimum Gasteiger partial charge on any atom is -0.287 e. The Morgan fingerprint density at radius 3 is 1.73 bits per heavy atom. The number of rotatable bonds is 0. The Kier molecular flexibility index (Phi) is 5.09. The van der Waals surface area contributed by atoms with E-state index in [0.29, 0.717) is 8.95 Å². The summed E-state index contributed by atoms with van der Waals surface area (Å²) in [6, 6.07) is 3.43. The second kappa shape index (κ2) is 4.74. The molecule has 0 heterocycles. The van der Waals surface area contributed by atoms with Crippen LogP contribution in [-0.2, 0) is 5.11 Å². The molecule has 1 aromatic rings. The zero-order chi connectivity index (χ0) is 7.72. The smallest absolute Gasteiger partial charge is 0.206 e. The highest BCUT2D eigenvalue weighted by Crippen LogP contribution is 2.35. The molecule has 0 atom stereocenters. The molecule has 1 rings (SSSR count). The summed E-state index contributed by atoms with van der Waals surface area (Å²) >= 11 is 9.50. The maximum Gasteiger partial charge on any atom is 0.206 e. The molecule has 11 heavy (non-hydrogen) atoms. The number of halogens is 3. The first-order valence-electron chi connectivity index (χ1n) is 2.43. The minimum atomic E-state index is -0.0248. The maximum atomic E-state index is 11.0. The van der Waals surface area contributed by atoms with Gasteiger partial charge in [-0.25, -0.2) is 0 Å². The van der Waals surface area contributed by atoms with Gasteiger partial charge < -0.3 is 0 Å². The number of hydrogen-bond donors (Lipinski definition) is 0. The van der Waals surface area contributed by atoms with Gasteiger partial charge >= 0.3 is 0 Å². The van der Waals surface area contributed by atoms with Crippen LogP contribution >= 0.6 is 61.3 Å². The van der Waals surface area contributed by atoms with E-state index < -0.39 is 0 Å². The van der Waals surface area contributed by atoms with Crippen molar-refractivity contribution in [1.29, 1.82) is 0 Å². The van der Waals surface area contributed by atoms with Gasteiger partial charge in [-0.3, -0.25) is 5.11 Å². The van der Waals surface area contributed by atoms with Crippen LogP contribution in [0.5, 0.6) is 5.75 Å². The van der Waals surface area contributed by atoms with E-state index in [4.69, 9.17) is 0 Å². The van der Waals surface area contributed by atoms with Gasteiger partial charge in [-0.15, -0.1) is 0 Å². The van der Waals surface area contributed by atoms with E-state index in [0.717, 1.165) is 4.47 Å². The van der Waals surface area contributed by atoms with Gasteiger partial charge in [0.2, 0.25) is 5.75 Å². The van der Waals surface area contributed by atoms with Crippen LogP contribution in [0.3, 0.4) is 0 Å². The molecule has 0 saturated heterocycles. The molecule has 0 bridgehead atoms. The topological polar surface area (TPSA) is 19.9 Å². The van der Waals surface area contributed by atoms with Crippen LogP contribution in [0, 0.1) is 0 Å². The second-order valence-corrected chi connectivity index (χ2v) is 4.32. The highest BCUT2D eigenvalue weighted by molar-refractivity contribution is 9.11. The Morgan fingerprint density at radius 1 is 1.00 bits per heavy atom. The van der Waals surface area contributed by atoms with Crippen LogP contribution in [0.4, 0.5) is 0 Å². The van der Waals surface area contributed by atoms with Crippen molar-refractivity contribution in [1.82, 2.24) is 0 Å². The average molecular weight is 364 g/mol. The van der Waals surface area contributed by atoms with Gasteiger partial charge in [0, 0.05) is 4.47 Å². The quantitative estimate of drug-likeness (QED) is 0.657. The molecule has 5 heteroatoms. The fraction of sp³-hybridized carbons (Fsp3) is 0. The van der Waals surface area contributed by atoms with Crippen molar-refractivity contribution < 1.29 is 5.11 Å². The molecule has 61 valence electrons. The molecule has 0 aliphatic rings. The molecule has 0 unspecified atom stereocenters. The average Bonchev–Trinajstić information content (AvgIpc) is 1.82. The van der Waals surface area contributed by atoms with Gasteiger partial charge in [-0.05, 0) is 44.0 Å². The van der Waals surface area contributed by atoms with Gasteiger partial charge in [-0.2, -0.15) is 13.5 Å². The highest BCUT2D eigenvalue weighted by atomic mass is 79.9. The highest BCUT2D eigenvalue weighted by Gasteiger charge is 2.05. The van der Waals surface area contributed by atoms with E-state index in [9.17, 15) is 5.11 Å². The molecule has 0 amide bonds. The summed E-state index contributed by atoms with van der Waals surface area (Å²) in [7, 11) is 0. The van der Waals surface area contributed by atoms with E-state index in [-0.39, 0.29) is 19.2 Å². The maximum absolute atomic E-state index is 11.0. The van der Waals surface area contributed by atoms with Crippen LogP contribution in [0.1, 0.15) is 0 Å². The molecule has 1 nitrogen and oxygen atoms in total. The van der Waals surface area contributed by atoms with E-state index in [1.807, 2.05) is 0 Å². The lowest BCUT2D eigenvalue weighted by Crippen LogP contribution is -1.70. The normalized spacial score (nSPS) is 9.00. The Hall–Kier alpha value is 0.810. The van der Waals surface area contributed by atoms with E-state index in [2.05, 4.69) is 47.8 Å². The largest absolute Gasteiger partial charge is 0.287 e. The van der Waals surface area contributed by atoms with Crippen molar-refractivity contribution >= 4 is 61.3 Å². The molecule has 0 N–H and O–H groups in total. The first kappa shape index (κ1) is 11.8. The van der Waals surface area contributed by atoms with Crippen molar-refractivity contribution in [3.05, 3.63) is 25.6 Å². The summed E-state index contributed by atoms with van der Waals surface area (Å²) < 4.78 is 2.01. The zero-order valence-corrected chi connectivity index (χ0v) is 11.0. The molecule has 0 spiro atoms. The Morgan fingerprint density at radius 2 is 1.36 bits per heavy atom. The predicted molar refractivity (Wildman–Crippen MR) is 60.1 cm³/mol. The van der Waals surface area contributed by atoms with Crippen molar-refractivity contribution in [2.45, 2.75) is 0 Å². The van der Waals surface area contributed by atoms with Crippen molar-refractivity contribution in [3.63, 3.8) is 0 Å². The van der Waals surface area contributed by atoms with Crippen LogP contribution in [0.2, 0.25) is 0 Å². The molecule has 0 saturated carbocycles. The van der Waals surface area contributed by atoms with Gasteiger partial charge in [0.05, 0.1) is 8.95 Å². The SMILES string of the molecule is S.[O]c1c(Br)cc(Br)cc1Br. The van der Waals surface area contributed by atoms with Gasteiger partial charge in [-0.1, -0.05) is 15.9 Å². The summed E-state index contributed by atoms with van der Waals surface area (Å²) in [5.41, 5.74) is 0. The van der Waals surface area contributed by atoms with Crippen LogP contribution < -0.4 is 0 Å². The summed E-state index contributed by atoms with van der Waals surface area (Å²) in [5.74, 6) is -0.0248. The van der Waals surface area contributed by atoms with Crippen LogP contribution in [-0.4, -0.2) is 0 Å². The van der Waals surface area contributed by atoms with Crippen LogP contribution in [0.25, 0.3) is 0 Å². The molecule has 0 aliphatic carbocycles. The predicted octanol–water partition coefficient (Wildman–Crippen LogP) is 4.23. The Bertz CT molecular complexity index is 241. The summed E-state index contributed by atoms with van der Waals surface area (Å²) in [6.45, 7) is 0. The monoisotopic (exact) mass is 361 g/mol. The lowest BCUT2D eigenvalue weighted by molar-refractivity contribution is 0.349. The zero-order valence-electron chi connectivity index (χ0n) is 5.20. The fourth-order valence-corrected chi connectivity index (χ4v) is 2.79. The molecule has 1 radical (unpaired) electrons. The minimum absolute atomic E-state index is 0. The number of benzene rings is 1. The van der Waals surface area contributed by atoms with E-state index >= 15 is 0 Å². The second-order valence-electron chi connectivity index (χ2n) is 1.70. The fourth-order valence-electron chi connectivity index (χ4n) is 0.529. The Balaban J connectivity index is 0.000001000. The van der Waals surface area contributed by atoms with Gasteiger partial charge in [0.1, 0.15) is 0 Å². The summed E-state index contributed by atoms with van der Waals surface area (Å²) in [4.78, 5) is 0. The third kappa shape index (κ3) is 2.97. The molecular formula is C6H4Br3OS. The summed E-state index contributed by atoms with van der Waals surface area (Å²) in [6.07, 6.45) is 0. The molecular weight excluding hydrogens is 360 g/mol. The van der Waals surface area contributed by atoms with Gasteiger partial charge in [0.15, 0.2) is 0 Å². The van der Waals surface area contributed by atoms with Crippen molar-refractivity contribution in [3.8, 4) is 5.75 Å². The third-order valence-electron chi connectivity index (χ3n) is 0.963. The molecule has 0 aliphatic heterocycles. The van der Waals surface area contributed by atoms with Crippen LogP contribution in [0.15, 0.2) is 25.6 Å². The first-order valence-corrected chi connectivity index (χ1v) is 4.80.